The fourth-order valence-corrected chi connectivity index (χ4v) is 2.56. The molecule has 1 aromatic carbocycles. The molecule has 0 amide bonds. The van der Waals surface area contributed by atoms with Gasteiger partial charge in [0.25, 0.3) is 0 Å². The Morgan fingerprint density at radius 3 is 2.67 bits per heavy atom. The molecule has 0 spiro atoms. The molecule has 1 fully saturated rings. The van der Waals surface area contributed by atoms with E-state index in [2.05, 4.69) is 10.2 Å². The highest BCUT2D eigenvalue weighted by Crippen LogP contribution is 2.27. The first-order chi connectivity index (χ1) is 8.83. The summed E-state index contributed by atoms with van der Waals surface area (Å²) in [6, 6.07) is 7.07. The summed E-state index contributed by atoms with van der Waals surface area (Å²) in [4.78, 5) is 2.31. The molecule has 1 aliphatic heterocycles. The number of rotatable bonds is 5. The summed E-state index contributed by atoms with van der Waals surface area (Å²) in [7, 11) is 0. The van der Waals surface area contributed by atoms with Crippen molar-refractivity contribution in [2.24, 2.45) is 0 Å². The highest BCUT2D eigenvalue weighted by Gasteiger charge is 2.23. The first kappa shape index (κ1) is 13.5. The van der Waals surface area contributed by atoms with Crippen LogP contribution in [0.5, 0.6) is 0 Å². The molecule has 0 aromatic heterocycles. The van der Waals surface area contributed by atoms with Gasteiger partial charge in [-0.15, -0.1) is 0 Å². The average molecular weight is 252 g/mol. The fourth-order valence-electron chi connectivity index (χ4n) is 2.56. The van der Waals surface area contributed by atoms with Crippen molar-refractivity contribution < 1.29 is 9.50 Å². The van der Waals surface area contributed by atoms with E-state index in [-0.39, 0.29) is 18.5 Å². The predicted molar refractivity (Wildman–Crippen MR) is 69.9 cm³/mol. The van der Waals surface area contributed by atoms with Crippen molar-refractivity contribution >= 4 is 0 Å². The van der Waals surface area contributed by atoms with Gasteiger partial charge in [-0.3, -0.25) is 4.90 Å². The van der Waals surface area contributed by atoms with Gasteiger partial charge in [0.2, 0.25) is 0 Å². The van der Waals surface area contributed by atoms with Crippen LogP contribution in [0.25, 0.3) is 0 Å². The Hall–Kier alpha value is -0.970. The largest absolute Gasteiger partial charge is 0.396 e. The van der Waals surface area contributed by atoms with Crippen molar-refractivity contribution in [3.8, 4) is 0 Å². The third kappa shape index (κ3) is 3.28. The van der Waals surface area contributed by atoms with E-state index >= 15 is 0 Å². The van der Waals surface area contributed by atoms with Crippen molar-refractivity contribution in [1.82, 2.24) is 10.2 Å². The molecule has 3 nitrogen and oxygen atoms in total. The van der Waals surface area contributed by atoms with Crippen LogP contribution < -0.4 is 5.32 Å². The number of piperazine rings is 1. The van der Waals surface area contributed by atoms with Crippen molar-refractivity contribution in [1.29, 1.82) is 0 Å². The van der Waals surface area contributed by atoms with Crippen LogP contribution in [0.4, 0.5) is 4.39 Å². The van der Waals surface area contributed by atoms with E-state index in [1.807, 2.05) is 12.1 Å². The maximum absolute atomic E-state index is 13.9. The molecule has 2 rings (SSSR count). The van der Waals surface area contributed by atoms with Gasteiger partial charge in [-0.2, -0.15) is 0 Å². The third-order valence-electron chi connectivity index (χ3n) is 3.49. The lowest BCUT2D eigenvalue weighted by atomic mass is 9.99. The maximum atomic E-state index is 13.9. The minimum atomic E-state index is -0.140. The van der Waals surface area contributed by atoms with Crippen LogP contribution in [0.15, 0.2) is 24.3 Å². The van der Waals surface area contributed by atoms with Gasteiger partial charge in [-0.25, -0.2) is 4.39 Å². The molecule has 0 unspecified atom stereocenters. The second-order valence-electron chi connectivity index (χ2n) is 4.69. The molecule has 1 heterocycles. The summed E-state index contributed by atoms with van der Waals surface area (Å²) in [5, 5.41) is 12.3. The molecule has 0 aliphatic carbocycles. The third-order valence-corrected chi connectivity index (χ3v) is 3.49. The van der Waals surface area contributed by atoms with Crippen LogP contribution in [-0.2, 0) is 0 Å². The second-order valence-corrected chi connectivity index (χ2v) is 4.69. The van der Waals surface area contributed by atoms with Crippen molar-refractivity contribution in [2.45, 2.75) is 18.9 Å². The van der Waals surface area contributed by atoms with E-state index < -0.39 is 0 Å². The van der Waals surface area contributed by atoms with Gasteiger partial charge >= 0.3 is 0 Å². The predicted octanol–water partition coefficient (Wildman–Crippen LogP) is 1.54. The average Bonchev–Trinajstić information content (AvgIpc) is 2.42. The normalized spacial score (nSPS) is 18.8. The maximum Gasteiger partial charge on any atom is 0.127 e. The van der Waals surface area contributed by atoms with Crippen molar-refractivity contribution in [3.63, 3.8) is 0 Å². The zero-order valence-electron chi connectivity index (χ0n) is 10.6. The standard InChI is InChI=1S/C14H21FN2O/c15-13-5-2-1-4-12(13)14(6-3-11-18)17-9-7-16-8-10-17/h1-2,4-5,14,16,18H,3,6-11H2/t14-/m0/s1. The van der Waals surface area contributed by atoms with Crippen LogP contribution in [0, 0.1) is 5.82 Å². The van der Waals surface area contributed by atoms with Crippen LogP contribution in [0.3, 0.4) is 0 Å². The van der Waals surface area contributed by atoms with Crippen molar-refractivity contribution in [2.75, 3.05) is 32.8 Å². The SMILES string of the molecule is OCCC[C@@H](c1ccccc1F)N1CCNCC1. The topological polar surface area (TPSA) is 35.5 Å². The van der Waals surface area contributed by atoms with Gasteiger partial charge in [0.1, 0.15) is 5.82 Å². The van der Waals surface area contributed by atoms with E-state index in [0.29, 0.717) is 6.42 Å². The summed E-state index contributed by atoms with van der Waals surface area (Å²) < 4.78 is 13.9. The highest BCUT2D eigenvalue weighted by molar-refractivity contribution is 5.21. The molecule has 100 valence electrons. The van der Waals surface area contributed by atoms with Crippen LogP contribution in [0.2, 0.25) is 0 Å². The van der Waals surface area contributed by atoms with Gasteiger partial charge in [0.05, 0.1) is 0 Å². The molecule has 1 aromatic rings. The number of hydrogen-bond acceptors (Lipinski definition) is 3. The molecule has 1 aliphatic rings. The van der Waals surface area contributed by atoms with Crippen LogP contribution >= 0.6 is 0 Å². The Balaban J connectivity index is 2.15. The van der Waals surface area contributed by atoms with Gasteiger partial charge in [0.15, 0.2) is 0 Å². The van der Waals surface area contributed by atoms with E-state index in [1.54, 1.807) is 6.07 Å². The fraction of sp³-hybridized carbons (Fsp3) is 0.571. The molecule has 1 saturated heterocycles. The number of hydrogen-bond donors (Lipinski definition) is 2. The molecular formula is C14H21FN2O. The summed E-state index contributed by atoms with van der Waals surface area (Å²) in [5.41, 5.74) is 0.757. The highest BCUT2D eigenvalue weighted by atomic mass is 19.1. The summed E-state index contributed by atoms with van der Waals surface area (Å²) >= 11 is 0. The van der Waals surface area contributed by atoms with E-state index in [4.69, 9.17) is 5.11 Å². The summed E-state index contributed by atoms with van der Waals surface area (Å²) in [5.74, 6) is -0.140. The Morgan fingerprint density at radius 2 is 2.00 bits per heavy atom. The molecule has 1 atom stereocenters. The Bertz CT molecular complexity index is 367. The number of nitrogens with zero attached hydrogens (tertiary/aromatic N) is 1. The number of aliphatic hydroxyl groups is 1. The molecule has 0 bridgehead atoms. The lowest BCUT2D eigenvalue weighted by Crippen LogP contribution is -2.45. The minimum Gasteiger partial charge on any atom is -0.396 e. The van der Waals surface area contributed by atoms with Gasteiger partial charge < -0.3 is 10.4 Å². The molecule has 0 radical (unpaired) electrons. The number of benzene rings is 1. The van der Waals surface area contributed by atoms with E-state index in [0.717, 1.165) is 38.2 Å². The van der Waals surface area contributed by atoms with Gasteiger partial charge in [-0.1, -0.05) is 18.2 Å². The first-order valence-electron chi connectivity index (χ1n) is 6.63. The lowest BCUT2D eigenvalue weighted by Gasteiger charge is -2.35. The van der Waals surface area contributed by atoms with Crippen molar-refractivity contribution in [3.05, 3.63) is 35.6 Å². The number of aliphatic hydroxyl groups excluding tert-OH is 1. The minimum absolute atomic E-state index is 0.0837. The molecular weight excluding hydrogens is 231 g/mol. The van der Waals surface area contributed by atoms with E-state index in [1.165, 1.54) is 6.07 Å². The molecule has 0 saturated carbocycles. The Labute approximate surface area is 108 Å². The van der Waals surface area contributed by atoms with Crippen LogP contribution in [0.1, 0.15) is 24.4 Å². The smallest absolute Gasteiger partial charge is 0.127 e. The van der Waals surface area contributed by atoms with Gasteiger partial charge in [0, 0.05) is 44.4 Å². The molecule has 4 heteroatoms. The zero-order valence-corrected chi connectivity index (χ0v) is 10.6. The van der Waals surface area contributed by atoms with Gasteiger partial charge in [-0.05, 0) is 18.9 Å². The summed E-state index contributed by atoms with van der Waals surface area (Å²) in [6.45, 7) is 3.93. The lowest BCUT2D eigenvalue weighted by molar-refractivity contribution is 0.151. The summed E-state index contributed by atoms with van der Waals surface area (Å²) in [6.07, 6.45) is 1.51. The molecule has 2 N–H and O–H groups in total. The number of halogens is 1. The quantitative estimate of drug-likeness (QED) is 0.834. The van der Waals surface area contributed by atoms with Crippen LogP contribution in [-0.4, -0.2) is 42.8 Å². The Kier molecular flexibility index (Phi) is 5.11. The Morgan fingerprint density at radius 1 is 1.28 bits per heavy atom. The van der Waals surface area contributed by atoms with E-state index in [9.17, 15) is 4.39 Å². The molecule has 18 heavy (non-hydrogen) atoms. The second kappa shape index (κ2) is 6.83. The number of nitrogens with one attached hydrogen (secondary N) is 1. The first-order valence-corrected chi connectivity index (χ1v) is 6.63. The monoisotopic (exact) mass is 252 g/mol. The zero-order chi connectivity index (χ0) is 12.8.